The summed E-state index contributed by atoms with van der Waals surface area (Å²) in [5.41, 5.74) is 0.460. The molecule has 0 aromatic heterocycles. The number of nitrogens with one attached hydrogen (secondary N) is 1. The lowest BCUT2D eigenvalue weighted by Crippen LogP contribution is -2.50. The Morgan fingerprint density at radius 2 is 1.86 bits per heavy atom. The second-order valence-electron chi connectivity index (χ2n) is 4.94. The molecule has 0 unspecified atom stereocenters. The minimum atomic E-state index is -3.57. The van der Waals surface area contributed by atoms with E-state index in [1.165, 1.54) is 0 Å². The van der Waals surface area contributed by atoms with Crippen molar-refractivity contribution >= 4 is 21.6 Å². The molecule has 0 aliphatic heterocycles. The van der Waals surface area contributed by atoms with Crippen LogP contribution in [0.5, 0.6) is 0 Å². The van der Waals surface area contributed by atoms with Crippen LogP contribution >= 0.6 is 0 Å². The number of rotatable bonds is 7. The van der Waals surface area contributed by atoms with Gasteiger partial charge in [0.1, 0.15) is 6.04 Å². The van der Waals surface area contributed by atoms with Crippen molar-refractivity contribution in [3.8, 4) is 0 Å². The van der Waals surface area contributed by atoms with E-state index in [-0.39, 0.29) is 11.9 Å². The van der Waals surface area contributed by atoms with Gasteiger partial charge in [-0.3, -0.25) is 9.10 Å². The fraction of sp³-hybridized carbons (Fsp3) is 0.500. The molecule has 0 saturated heterocycles. The topological polar surface area (TPSA) is 75.7 Å². The summed E-state index contributed by atoms with van der Waals surface area (Å²) in [5, 5.41) is 2.73. The Morgan fingerprint density at radius 3 is 2.33 bits per heavy atom. The Hall–Kier alpha value is -1.60. The third kappa shape index (κ3) is 5.02. The highest BCUT2D eigenvalue weighted by Gasteiger charge is 2.29. The molecule has 118 valence electrons. The molecular formula is C14H22N2O4S. The summed E-state index contributed by atoms with van der Waals surface area (Å²) in [4.78, 5) is 12.2. The smallest absolute Gasteiger partial charge is 0.243 e. The van der Waals surface area contributed by atoms with Crippen molar-refractivity contribution in [3.05, 3.63) is 30.3 Å². The van der Waals surface area contributed by atoms with E-state index in [2.05, 4.69) is 5.32 Å². The molecule has 6 nitrogen and oxygen atoms in total. The SMILES string of the molecule is COC[C@H](C)NC(=O)[C@@H](C)N(c1ccccc1)S(C)(=O)=O. The highest BCUT2D eigenvalue weighted by molar-refractivity contribution is 7.92. The second-order valence-corrected chi connectivity index (χ2v) is 6.79. The van der Waals surface area contributed by atoms with Crippen molar-refractivity contribution in [1.82, 2.24) is 5.32 Å². The minimum absolute atomic E-state index is 0.192. The summed E-state index contributed by atoms with van der Waals surface area (Å²) >= 11 is 0. The standard InChI is InChI=1S/C14H22N2O4S/c1-11(10-20-3)15-14(17)12(2)16(21(4,18)19)13-8-6-5-7-9-13/h5-9,11-12H,10H2,1-4H3,(H,15,17)/t11-,12+/m0/s1. The van der Waals surface area contributed by atoms with Gasteiger partial charge in [0, 0.05) is 13.2 Å². The summed E-state index contributed by atoms with van der Waals surface area (Å²) in [6.45, 7) is 3.72. The molecule has 7 heteroatoms. The lowest BCUT2D eigenvalue weighted by molar-refractivity contribution is -0.122. The van der Waals surface area contributed by atoms with Crippen LogP contribution < -0.4 is 9.62 Å². The maximum atomic E-state index is 12.2. The Morgan fingerprint density at radius 1 is 1.29 bits per heavy atom. The Balaban J connectivity index is 2.97. The fourth-order valence-corrected chi connectivity index (χ4v) is 3.21. The molecule has 1 N–H and O–H groups in total. The number of hydrogen-bond acceptors (Lipinski definition) is 4. The Kier molecular flexibility index (Phi) is 6.17. The summed E-state index contributed by atoms with van der Waals surface area (Å²) in [7, 11) is -2.03. The van der Waals surface area contributed by atoms with Gasteiger partial charge in [0.15, 0.2) is 0 Å². The summed E-state index contributed by atoms with van der Waals surface area (Å²) < 4.78 is 30.1. The number of amides is 1. The molecule has 1 aromatic carbocycles. The summed E-state index contributed by atoms with van der Waals surface area (Å²) in [5.74, 6) is -0.367. The number of benzene rings is 1. The van der Waals surface area contributed by atoms with E-state index < -0.39 is 16.1 Å². The maximum absolute atomic E-state index is 12.2. The zero-order chi connectivity index (χ0) is 16.0. The first-order valence-electron chi connectivity index (χ1n) is 6.61. The first-order chi connectivity index (χ1) is 9.77. The third-order valence-corrected chi connectivity index (χ3v) is 4.15. The summed E-state index contributed by atoms with van der Waals surface area (Å²) in [6.07, 6.45) is 1.09. The van der Waals surface area contributed by atoms with Gasteiger partial charge in [-0.15, -0.1) is 0 Å². The first-order valence-corrected chi connectivity index (χ1v) is 8.46. The molecule has 2 atom stereocenters. The van der Waals surface area contributed by atoms with Gasteiger partial charge in [-0.1, -0.05) is 18.2 Å². The second kappa shape index (κ2) is 7.42. The average molecular weight is 314 g/mol. The van der Waals surface area contributed by atoms with Gasteiger partial charge < -0.3 is 10.1 Å². The number of methoxy groups -OCH3 is 1. The number of para-hydroxylation sites is 1. The lowest BCUT2D eigenvalue weighted by Gasteiger charge is -2.29. The largest absolute Gasteiger partial charge is 0.383 e. The van der Waals surface area contributed by atoms with Crippen LogP contribution in [-0.2, 0) is 19.6 Å². The van der Waals surface area contributed by atoms with Crippen molar-refractivity contribution in [2.45, 2.75) is 25.9 Å². The predicted molar refractivity (Wildman–Crippen MR) is 82.7 cm³/mol. The molecule has 0 aliphatic rings. The number of anilines is 1. The zero-order valence-electron chi connectivity index (χ0n) is 12.7. The van der Waals surface area contributed by atoms with Gasteiger partial charge >= 0.3 is 0 Å². The number of ether oxygens (including phenoxy) is 1. The maximum Gasteiger partial charge on any atom is 0.243 e. The van der Waals surface area contributed by atoms with Crippen LogP contribution in [0.15, 0.2) is 30.3 Å². The van der Waals surface area contributed by atoms with E-state index in [1.807, 2.05) is 0 Å². The van der Waals surface area contributed by atoms with Gasteiger partial charge in [-0.25, -0.2) is 8.42 Å². The monoisotopic (exact) mass is 314 g/mol. The van der Waals surface area contributed by atoms with E-state index in [0.717, 1.165) is 10.6 Å². The molecule has 1 aromatic rings. The zero-order valence-corrected chi connectivity index (χ0v) is 13.6. The van der Waals surface area contributed by atoms with Gasteiger partial charge in [0.25, 0.3) is 0 Å². The average Bonchev–Trinajstić information content (AvgIpc) is 2.38. The van der Waals surface area contributed by atoms with E-state index in [4.69, 9.17) is 4.74 Å². The number of hydrogen-bond donors (Lipinski definition) is 1. The van der Waals surface area contributed by atoms with Gasteiger partial charge in [0.05, 0.1) is 18.6 Å². The van der Waals surface area contributed by atoms with Crippen molar-refractivity contribution in [1.29, 1.82) is 0 Å². The van der Waals surface area contributed by atoms with Gasteiger partial charge in [-0.2, -0.15) is 0 Å². The van der Waals surface area contributed by atoms with Crippen LogP contribution in [0.3, 0.4) is 0 Å². The highest BCUT2D eigenvalue weighted by Crippen LogP contribution is 2.20. The molecule has 1 amide bonds. The molecular weight excluding hydrogens is 292 g/mol. The number of sulfonamides is 1. The fourth-order valence-electron chi connectivity index (χ4n) is 2.04. The van der Waals surface area contributed by atoms with Crippen LogP contribution in [0.4, 0.5) is 5.69 Å². The molecule has 0 aliphatic carbocycles. The van der Waals surface area contributed by atoms with Crippen LogP contribution in [0, 0.1) is 0 Å². The van der Waals surface area contributed by atoms with Gasteiger partial charge in [0.2, 0.25) is 15.9 Å². The van der Waals surface area contributed by atoms with Crippen molar-refractivity contribution in [3.63, 3.8) is 0 Å². The van der Waals surface area contributed by atoms with E-state index in [1.54, 1.807) is 51.3 Å². The van der Waals surface area contributed by atoms with Gasteiger partial charge in [-0.05, 0) is 26.0 Å². The molecule has 0 saturated carbocycles. The summed E-state index contributed by atoms with van der Waals surface area (Å²) in [6, 6.07) is 7.52. The normalized spacial score (nSPS) is 14.3. The lowest BCUT2D eigenvalue weighted by atomic mass is 10.2. The highest BCUT2D eigenvalue weighted by atomic mass is 32.2. The first kappa shape index (κ1) is 17.5. The molecule has 1 rings (SSSR count). The van der Waals surface area contributed by atoms with Crippen LogP contribution in [0.2, 0.25) is 0 Å². The Labute approximate surface area is 126 Å². The molecule has 0 spiro atoms. The van der Waals surface area contributed by atoms with Crippen LogP contribution in [0.1, 0.15) is 13.8 Å². The molecule has 0 heterocycles. The van der Waals surface area contributed by atoms with Crippen molar-refractivity contribution in [2.24, 2.45) is 0 Å². The number of carbonyl (C=O) groups excluding carboxylic acids is 1. The van der Waals surface area contributed by atoms with Crippen molar-refractivity contribution in [2.75, 3.05) is 24.3 Å². The molecule has 0 bridgehead atoms. The van der Waals surface area contributed by atoms with E-state index >= 15 is 0 Å². The van der Waals surface area contributed by atoms with E-state index in [9.17, 15) is 13.2 Å². The minimum Gasteiger partial charge on any atom is -0.383 e. The molecule has 0 radical (unpaired) electrons. The van der Waals surface area contributed by atoms with Crippen molar-refractivity contribution < 1.29 is 17.9 Å². The molecule has 21 heavy (non-hydrogen) atoms. The quantitative estimate of drug-likeness (QED) is 0.814. The number of carbonyl (C=O) groups is 1. The van der Waals surface area contributed by atoms with Crippen LogP contribution in [-0.4, -0.2) is 46.4 Å². The van der Waals surface area contributed by atoms with E-state index in [0.29, 0.717) is 12.3 Å². The Bertz CT molecular complexity index is 560. The molecule has 0 fully saturated rings. The number of nitrogens with zero attached hydrogens (tertiary/aromatic N) is 1. The van der Waals surface area contributed by atoms with Crippen LogP contribution in [0.25, 0.3) is 0 Å². The third-order valence-electron chi connectivity index (χ3n) is 2.90. The predicted octanol–water partition coefficient (Wildman–Crippen LogP) is 0.992.